The highest BCUT2D eigenvalue weighted by Crippen LogP contribution is 2.16. The van der Waals surface area contributed by atoms with E-state index in [-0.39, 0.29) is 30.7 Å². The van der Waals surface area contributed by atoms with Crippen LogP contribution in [0.15, 0.2) is 58.1 Å². The second kappa shape index (κ2) is 8.23. The first-order chi connectivity index (χ1) is 14.0. The van der Waals surface area contributed by atoms with Gasteiger partial charge in [-0.15, -0.1) is 0 Å². The predicted octanol–water partition coefficient (Wildman–Crippen LogP) is 2.63. The Labute approximate surface area is 171 Å². The van der Waals surface area contributed by atoms with Crippen molar-refractivity contribution in [1.82, 2.24) is 9.13 Å². The van der Waals surface area contributed by atoms with Crippen molar-refractivity contribution in [3.8, 4) is 0 Å². The van der Waals surface area contributed by atoms with Crippen molar-refractivity contribution in [3.63, 3.8) is 0 Å². The van der Waals surface area contributed by atoms with Crippen LogP contribution in [0.1, 0.15) is 12.8 Å². The summed E-state index contributed by atoms with van der Waals surface area (Å²) in [7, 11) is 0. The maximum absolute atomic E-state index is 13.1. The molecule has 1 amide bonds. The topological polar surface area (TPSA) is 82.3 Å². The number of anilines is 1. The predicted molar refractivity (Wildman–Crippen MR) is 112 cm³/mol. The van der Waals surface area contributed by atoms with E-state index in [4.69, 9.17) is 16.3 Å². The Kier molecular flexibility index (Phi) is 5.51. The lowest BCUT2D eigenvalue weighted by Gasteiger charge is -2.16. The van der Waals surface area contributed by atoms with Crippen LogP contribution in [0.25, 0.3) is 10.9 Å². The van der Waals surface area contributed by atoms with E-state index in [0.717, 1.165) is 12.8 Å². The number of benzene rings is 2. The lowest BCUT2D eigenvalue weighted by Crippen LogP contribution is -2.43. The Balaban J connectivity index is 1.71. The minimum absolute atomic E-state index is 0.171. The van der Waals surface area contributed by atoms with Crippen molar-refractivity contribution < 1.29 is 9.53 Å². The quantitative estimate of drug-likeness (QED) is 0.697. The van der Waals surface area contributed by atoms with Crippen molar-refractivity contribution >= 4 is 34.1 Å². The van der Waals surface area contributed by atoms with Crippen molar-refractivity contribution in [1.29, 1.82) is 0 Å². The molecule has 0 spiro atoms. The molecule has 7 nitrogen and oxygen atoms in total. The minimum Gasteiger partial charge on any atom is -0.376 e. The number of fused-ring (bicyclic) bond motifs is 1. The Morgan fingerprint density at radius 1 is 1.14 bits per heavy atom. The zero-order chi connectivity index (χ0) is 20.4. The Morgan fingerprint density at radius 3 is 2.72 bits per heavy atom. The van der Waals surface area contributed by atoms with Crippen LogP contribution in [-0.2, 0) is 22.6 Å². The first kappa shape index (κ1) is 19.4. The molecule has 1 fully saturated rings. The second-order valence-electron chi connectivity index (χ2n) is 7.00. The molecule has 4 rings (SSSR count). The molecule has 0 bridgehead atoms. The van der Waals surface area contributed by atoms with Gasteiger partial charge in [0, 0.05) is 17.3 Å². The summed E-state index contributed by atoms with van der Waals surface area (Å²) >= 11 is 5.95. The summed E-state index contributed by atoms with van der Waals surface area (Å²) in [6.07, 6.45) is 1.53. The molecule has 29 heavy (non-hydrogen) atoms. The monoisotopic (exact) mass is 413 g/mol. The van der Waals surface area contributed by atoms with Gasteiger partial charge in [-0.25, -0.2) is 4.79 Å². The van der Waals surface area contributed by atoms with Crippen LogP contribution in [-0.4, -0.2) is 27.8 Å². The number of nitrogens with one attached hydrogen (secondary N) is 1. The number of aromatic nitrogens is 2. The molecule has 3 aromatic rings. The van der Waals surface area contributed by atoms with E-state index in [2.05, 4.69) is 5.32 Å². The average Bonchev–Trinajstić information content (AvgIpc) is 3.22. The van der Waals surface area contributed by atoms with E-state index in [9.17, 15) is 14.4 Å². The lowest BCUT2D eigenvalue weighted by atomic mass is 10.2. The number of nitrogens with zero attached hydrogens (tertiary/aromatic N) is 2. The Bertz CT molecular complexity index is 1180. The third kappa shape index (κ3) is 4.11. The maximum atomic E-state index is 13.1. The second-order valence-corrected chi connectivity index (χ2v) is 7.43. The fraction of sp³-hybridized carbons (Fsp3) is 0.286. The number of amides is 1. The number of hydrogen-bond donors (Lipinski definition) is 1. The molecule has 2 aromatic carbocycles. The average molecular weight is 414 g/mol. The van der Waals surface area contributed by atoms with Gasteiger partial charge in [0.2, 0.25) is 5.91 Å². The van der Waals surface area contributed by atoms with Crippen LogP contribution >= 0.6 is 11.6 Å². The van der Waals surface area contributed by atoms with E-state index in [1.165, 1.54) is 9.13 Å². The van der Waals surface area contributed by atoms with Crippen molar-refractivity contribution in [2.24, 2.45) is 0 Å². The highest BCUT2D eigenvalue weighted by atomic mass is 35.5. The van der Waals surface area contributed by atoms with Gasteiger partial charge in [-0.3, -0.25) is 18.7 Å². The number of halogens is 1. The largest absolute Gasteiger partial charge is 0.376 e. The van der Waals surface area contributed by atoms with Gasteiger partial charge >= 0.3 is 5.69 Å². The molecule has 0 saturated carbocycles. The fourth-order valence-electron chi connectivity index (χ4n) is 3.59. The van der Waals surface area contributed by atoms with Gasteiger partial charge in [0.25, 0.3) is 5.56 Å². The molecule has 0 unspecified atom stereocenters. The molecule has 2 heterocycles. The number of hydrogen-bond acceptors (Lipinski definition) is 4. The number of carbonyl (C=O) groups is 1. The molecular weight excluding hydrogens is 394 g/mol. The van der Waals surface area contributed by atoms with E-state index >= 15 is 0 Å². The Hall–Kier alpha value is -2.90. The van der Waals surface area contributed by atoms with E-state index in [1.807, 2.05) is 0 Å². The standard InChI is InChI=1S/C21H20ClN3O4/c22-14-5-3-6-15(11-14)23-19(26)13-24-18-9-2-1-8-17(18)20(27)25(21(24)28)12-16-7-4-10-29-16/h1-3,5-6,8-9,11,16H,4,7,10,12-13H2,(H,23,26)/t16-/m0/s1. The number of carbonyl (C=O) groups excluding carboxylic acids is 1. The van der Waals surface area contributed by atoms with Crippen molar-refractivity contribution in [2.75, 3.05) is 11.9 Å². The van der Waals surface area contributed by atoms with Gasteiger partial charge < -0.3 is 10.1 Å². The summed E-state index contributed by atoms with van der Waals surface area (Å²) in [4.78, 5) is 38.6. The van der Waals surface area contributed by atoms with E-state index < -0.39 is 5.69 Å². The maximum Gasteiger partial charge on any atom is 0.332 e. The minimum atomic E-state index is -0.523. The van der Waals surface area contributed by atoms with E-state index in [0.29, 0.717) is 28.2 Å². The summed E-state index contributed by atoms with van der Waals surface area (Å²) in [5.74, 6) is -0.387. The SMILES string of the molecule is O=C(Cn1c(=O)n(C[C@@H]2CCCO2)c(=O)c2ccccc21)Nc1cccc(Cl)c1. The Morgan fingerprint density at radius 2 is 1.97 bits per heavy atom. The van der Waals surface area contributed by atoms with Crippen LogP contribution in [0.5, 0.6) is 0 Å². The van der Waals surface area contributed by atoms with Gasteiger partial charge in [0.1, 0.15) is 6.54 Å². The number of rotatable bonds is 5. The summed E-state index contributed by atoms with van der Waals surface area (Å²) in [5.41, 5.74) is 0.0675. The molecule has 150 valence electrons. The highest BCUT2D eigenvalue weighted by molar-refractivity contribution is 6.30. The number of ether oxygens (including phenoxy) is 1. The highest BCUT2D eigenvalue weighted by Gasteiger charge is 2.21. The van der Waals surface area contributed by atoms with Gasteiger partial charge in [0.15, 0.2) is 0 Å². The van der Waals surface area contributed by atoms with Gasteiger partial charge in [-0.1, -0.05) is 29.8 Å². The summed E-state index contributed by atoms with van der Waals surface area (Å²) in [6.45, 7) is 0.583. The lowest BCUT2D eigenvalue weighted by molar-refractivity contribution is -0.116. The molecule has 1 N–H and O–H groups in total. The van der Waals surface area contributed by atoms with Crippen LogP contribution in [0.2, 0.25) is 5.02 Å². The van der Waals surface area contributed by atoms with Gasteiger partial charge in [-0.05, 0) is 43.2 Å². The molecule has 1 atom stereocenters. The molecule has 1 aliphatic rings. The number of para-hydroxylation sites is 1. The van der Waals surface area contributed by atoms with Crippen LogP contribution < -0.4 is 16.6 Å². The zero-order valence-electron chi connectivity index (χ0n) is 15.6. The fourth-order valence-corrected chi connectivity index (χ4v) is 3.78. The van der Waals surface area contributed by atoms with Crippen molar-refractivity contribution in [2.45, 2.75) is 32.0 Å². The molecule has 0 aliphatic carbocycles. The zero-order valence-corrected chi connectivity index (χ0v) is 16.4. The third-order valence-corrected chi connectivity index (χ3v) is 5.19. The molecule has 1 aromatic heterocycles. The van der Waals surface area contributed by atoms with Crippen molar-refractivity contribution in [3.05, 3.63) is 74.4 Å². The first-order valence-electron chi connectivity index (χ1n) is 9.42. The summed E-state index contributed by atoms with van der Waals surface area (Å²) in [6, 6.07) is 13.6. The summed E-state index contributed by atoms with van der Waals surface area (Å²) < 4.78 is 8.09. The van der Waals surface area contributed by atoms with Gasteiger partial charge in [-0.2, -0.15) is 0 Å². The summed E-state index contributed by atoms with van der Waals surface area (Å²) in [5, 5.41) is 3.62. The normalized spacial score (nSPS) is 16.2. The van der Waals surface area contributed by atoms with Crippen LogP contribution in [0.4, 0.5) is 5.69 Å². The van der Waals surface area contributed by atoms with Gasteiger partial charge in [0.05, 0.1) is 23.6 Å². The van der Waals surface area contributed by atoms with Crippen LogP contribution in [0.3, 0.4) is 0 Å². The third-order valence-electron chi connectivity index (χ3n) is 4.95. The molecule has 0 radical (unpaired) electrons. The first-order valence-corrected chi connectivity index (χ1v) is 9.80. The smallest absolute Gasteiger partial charge is 0.332 e. The van der Waals surface area contributed by atoms with E-state index in [1.54, 1.807) is 48.5 Å². The molecular formula is C21H20ClN3O4. The molecule has 8 heteroatoms. The van der Waals surface area contributed by atoms with Crippen LogP contribution in [0, 0.1) is 0 Å². The molecule has 1 saturated heterocycles. The molecule has 1 aliphatic heterocycles.